The van der Waals surface area contributed by atoms with Crippen molar-refractivity contribution in [2.75, 3.05) is 5.32 Å². The minimum atomic E-state index is -1.11. The Bertz CT molecular complexity index is 400. The first-order chi connectivity index (χ1) is 7.47. The van der Waals surface area contributed by atoms with E-state index in [-0.39, 0.29) is 18.5 Å². The topological polar surface area (TPSA) is 66.4 Å². The van der Waals surface area contributed by atoms with E-state index >= 15 is 0 Å². The summed E-state index contributed by atoms with van der Waals surface area (Å²) in [6.07, 6.45) is -0.572. The van der Waals surface area contributed by atoms with Crippen LogP contribution in [0.1, 0.15) is 12.8 Å². The molecule has 0 aromatic heterocycles. The molecule has 0 aliphatic heterocycles. The number of rotatable bonds is 4. The molecule has 1 aromatic rings. The normalized spacial score (nSPS) is 9.88. The number of halogens is 2. The van der Waals surface area contributed by atoms with Gasteiger partial charge in [-0.1, -0.05) is 0 Å². The van der Waals surface area contributed by atoms with Crippen molar-refractivity contribution in [2.24, 2.45) is 0 Å². The summed E-state index contributed by atoms with van der Waals surface area (Å²) in [4.78, 5) is 21.3. The summed E-state index contributed by atoms with van der Waals surface area (Å²) in [5.74, 6) is -3.34. The third kappa shape index (κ3) is 4.04. The zero-order chi connectivity index (χ0) is 12.1. The molecule has 0 unspecified atom stereocenters. The molecule has 0 aliphatic carbocycles. The summed E-state index contributed by atoms with van der Waals surface area (Å²) in [5, 5.41) is 10.5. The Labute approximate surface area is 89.9 Å². The average Bonchev–Trinajstić information content (AvgIpc) is 2.12. The van der Waals surface area contributed by atoms with E-state index in [2.05, 4.69) is 5.32 Å². The number of carboxylic acid groups (broad SMARTS) is 1. The zero-order valence-electron chi connectivity index (χ0n) is 8.17. The van der Waals surface area contributed by atoms with Gasteiger partial charge < -0.3 is 10.4 Å². The van der Waals surface area contributed by atoms with Crippen molar-refractivity contribution in [3.05, 3.63) is 29.8 Å². The van der Waals surface area contributed by atoms with Gasteiger partial charge in [0.1, 0.15) is 11.6 Å². The SMILES string of the molecule is O=C(O)CCC(=O)Nc1cc(F)cc(F)c1. The van der Waals surface area contributed by atoms with Crippen LogP contribution < -0.4 is 5.32 Å². The Hall–Kier alpha value is -1.98. The fraction of sp³-hybridized carbons (Fsp3) is 0.200. The molecule has 0 aliphatic rings. The van der Waals surface area contributed by atoms with Crippen LogP contribution in [0.25, 0.3) is 0 Å². The lowest BCUT2D eigenvalue weighted by Gasteiger charge is -2.04. The number of anilines is 1. The molecule has 0 bridgehead atoms. The van der Waals surface area contributed by atoms with Gasteiger partial charge in [-0.05, 0) is 12.1 Å². The second-order valence-corrected chi connectivity index (χ2v) is 3.10. The predicted octanol–water partition coefficient (Wildman–Crippen LogP) is 1.77. The summed E-state index contributed by atoms with van der Waals surface area (Å²) < 4.78 is 25.4. The second-order valence-electron chi connectivity index (χ2n) is 3.10. The summed E-state index contributed by atoms with van der Waals surface area (Å²) in [7, 11) is 0. The molecule has 86 valence electrons. The van der Waals surface area contributed by atoms with Gasteiger partial charge in [-0.25, -0.2) is 8.78 Å². The number of hydrogen-bond donors (Lipinski definition) is 2. The fourth-order valence-corrected chi connectivity index (χ4v) is 1.07. The van der Waals surface area contributed by atoms with Crippen LogP contribution in [-0.2, 0) is 9.59 Å². The first-order valence-corrected chi connectivity index (χ1v) is 4.45. The first kappa shape index (κ1) is 12.1. The summed E-state index contributed by atoms with van der Waals surface area (Å²) in [6.45, 7) is 0. The second kappa shape index (κ2) is 5.20. The molecule has 1 amide bonds. The van der Waals surface area contributed by atoms with Crippen LogP contribution in [-0.4, -0.2) is 17.0 Å². The molecule has 4 nitrogen and oxygen atoms in total. The highest BCUT2D eigenvalue weighted by Crippen LogP contribution is 2.13. The Kier molecular flexibility index (Phi) is 3.93. The van der Waals surface area contributed by atoms with E-state index in [1.807, 2.05) is 0 Å². The molecule has 0 saturated heterocycles. The average molecular weight is 229 g/mol. The highest BCUT2D eigenvalue weighted by molar-refractivity contribution is 5.92. The van der Waals surface area contributed by atoms with E-state index in [1.54, 1.807) is 0 Å². The molecule has 16 heavy (non-hydrogen) atoms. The van der Waals surface area contributed by atoms with Crippen LogP contribution in [0.5, 0.6) is 0 Å². The molecule has 0 fully saturated rings. The molecule has 0 radical (unpaired) electrons. The smallest absolute Gasteiger partial charge is 0.303 e. The lowest BCUT2D eigenvalue weighted by atomic mass is 10.2. The molecule has 6 heteroatoms. The lowest BCUT2D eigenvalue weighted by Crippen LogP contribution is -2.13. The highest BCUT2D eigenvalue weighted by atomic mass is 19.1. The maximum absolute atomic E-state index is 12.7. The largest absolute Gasteiger partial charge is 0.481 e. The molecule has 2 N–H and O–H groups in total. The van der Waals surface area contributed by atoms with Crippen molar-refractivity contribution in [3.63, 3.8) is 0 Å². The van der Waals surface area contributed by atoms with E-state index < -0.39 is 23.5 Å². The fourth-order valence-electron chi connectivity index (χ4n) is 1.07. The van der Waals surface area contributed by atoms with Crippen LogP contribution in [0.15, 0.2) is 18.2 Å². The minimum Gasteiger partial charge on any atom is -0.481 e. The Morgan fingerprint density at radius 2 is 1.69 bits per heavy atom. The first-order valence-electron chi connectivity index (χ1n) is 4.45. The quantitative estimate of drug-likeness (QED) is 0.826. The summed E-state index contributed by atoms with van der Waals surface area (Å²) in [6, 6.07) is 2.57. The van der Waals surface area contributed by atoms with Crippen LogP contribution in [0.3, 0.4) is 0 Å². The standard InChI is InChI=1S/C10H9F2NO3/c11-6-3-7(12)5-8(4-6)13-9(14)1-2-10(15)16/h3-5H,1-2H2,(H,13,14)(H,15,16). The van der Waals surface area contributed by atoms with Crippen LogP contribution in [0.2, 0.25) is 0 Å². The summed E-state index contributed by atoms with van der Waals surface area (Å²) in [5.41, 5.74) is -0.0344. The third-order valence-corrected chi connectivity index (χ3v) is 1.71. The number of carbonyl (C=O) groups is 2. The number of carboxylic acids is 1. The Balaban J connectivity index is 2.59. The maximum Gasteiger partial charge on any atom is 0.303 e. The summed E-state index contributed by atoms with van der Waals surface area (Å²) >= 11 is 0. The van der Waals surface area contributed by atoms with Crippen molar-refractivity contribution in [2.45, 2.75) is 12.8 Å². The predicted molar refractivity (Wildman–Crippen MR) is 51.9 cm³/mol. The van der Waals surface area contributed by atoms with Gasteiger partial charge in [0.25, 0.3) is 0 Å². The van der Waals surface area contributed by atoms with Crippen molar-refractivity contribution in [1.82, 2.24) is 0 Å². The van der Waals surface area contributed by atoms with Crippen molar-refractivity contribution in [1.29, 1.82) is 0 Å². The zero-order valence-corrected chi connectivity index (χ0v) is 8.17. The van der Waals surface area contributed by atoms with Gasteiger partial charge in [-0.15, -0.1) is 0 Å². The van der Waals surface area contributed by atoms with Gasteiger partial charge in [0.15, 0.2) is 0 Å². The number of carbonyl (C=O) groups excluding carboxylic acids is 1. The van der Waals surface area contributed by atoms with Gasteiger partial charge in [-0.3, -0.25) is 9.59 Å². The van der Waals surface area contributed by atoms with Gasteiger partial charge in [0, 0.05) is 18.2 Å². The van der Waals surface area contributed by atoms with Gasteiger partial charge in [-0.2, -0.15) is 0 Å². The number of amides is 1. The van der Waals surface area contributed by atoms with Gasteiger partial charge >= 0.3 is 5.97 Å². The monoisotopic (exact) mass is 229 g/mol. The highest BCUT2D eigenvalue weighted by Gasteiger charge is 2.07. The molecular weight excluding hydrogens is 220 g/mol. The molecule has 0 heterocycles. The lowest BCUT2D eigenvalue weighted by molar-refractivity contribution is -0.138. The number of hydrogen-bond acceptors (Lipinski definition) is 2. The Morgan fingerprint density at radius 3 is 2.19 bits per heavy atom. The molecular formula is C10H9F2NO3. The number of benzene rings is 1. The van der Waals surface area contributed by atoms with Crippen LogP contribution in [0, 0.1) is 11.6 Å². The van der Waals surface area contributed by atoms with E-state index in [9.17, 15) is 18.4 Å². The minimum absolute atomic E-state index is 0.0344. The van der Waals surface area contributed by atoms with E-state index in [4.69, 9.17) is 5.11 Å². The van der Waals surface area contributed by atoms with Gasteiger partial charge in [0.2, 0.25) is 5.91 Å². The molecule has 0 spiro atoms. The van der Waals surface area contributed by atoms with Crippen LogP contribution >= 0.6 is 0 Å². The molecule has 1 rings (SSSR count). The van der Waals surface area contributed by atoms with Crippen molar-refractivity contribution >= 4 is 17.6 Å². The van der Waals surface area contributed by atoms with E-state index in [0.29, 0.717) is 6.07 Å². The molecule has 0 saturated carbocycles. The third-order valence-electron chi connectivity index (χ3n) is 1.71. The number of nitrogens with one attached hydrogen (secondary N) is 1. The van der Waals surface area contributed by atoms with Crippen LogP contribution in [0.4, 0.5) is 14.5 Å². The van der Waals surface area contributed by atoms with Crippen molar-refractivity contribution < 1.29 is 23.5 Å². The Morgan fingerprint density at radius 1 is 1.12 bits per heavy atom. The molecule has 1 aromatic carbocycles. The molecule has 0 atom stereocenters. The van der Waals surface area contributed by atoms with E-state index in [1.165, 1.54) is 0 Å². The number of aliphatic carboxylic acids is 1. The maximum atomic E-state index is 12.7. The van der Waals surface area contributed by atoms with Crippen molar-refractivity contribution in [3.8, 4) is 0 Å². The van der Waals surface area contributed by atoms with Gasteiger partial charge in [0.05, 0.1) is 6.42 Å². The van der Waals surface area contributed by atoms with E-state index in [0.717, 1.165) is 12.1 Å².